The lowest BCUT2D eigenvalue weighted by atomic mass is 10.1. The zero-order valence-electron chi connectivity index (χ0n) is 13.1. The molecule has 0 spiro atoms. The minimum atomic E-state index is 0.170. The highest BCUT2D eigenvalue weighted by Gasteiger charge is 2.14. The van der Waals surface area contributed by atoms with Crippen molar-refractivity contribution in [3.63, 3.8) is 0 Å². The van der Waals surface area contributed by atoms with Crippen LogP contribution in [0.25, 0.3) is 0 Å². The van der Waals surface area contributed by atoms with E-state index in [-0.39, 0.29) is 11.8 Å². The first kappa shape index (κ1) is 15.2. The number of methoxy groups -OCH3 is 1. The van der Waals surface area contributed by atoms with Gasteiger partial charge in [0.15, 0.2) is 11.5 Å². The van der Waals surface area contributed by atoms with Gasteiger partial charge in [0.05, 0.1) is 13.2 Å². The minimum Gasteiger partial charge on any atom is -0.504 e. The van der Waals surface area contributed by atoms with Crippen LogP contribution in [0, 0.1) is 0 Å². The van der Waals surface area contributed by atoms with Crippen LogP contribution >= 0.6 is 0 Å². The number of benzene rings is 2. The van der Waals surface area contributed by atoms with E-state index < -0.39 is 0 Å². The topological polar surface area (TPSA) is 32.7 Å². The summed E-state index contributed by atoms with van der Waals surface area (Å²) in [6.45, 7) is 4.30. The molecule has 0 saturated carbocycles. The molecule has 0 aliphatic heterocycles. The zero-order chi connectivity index (χ0) is 15.4. The molecule has 2 aromatic rings. The van der Waals surface area contributed by atoms with Gasteiger partial charge in [-0.25, -0.2) is 0 Å². The molecule has 0 aliphatic rings. The van der Waals surface area contributed by atoms with Gasteiger partial charge < -0.3 is 14.7 Å². The number of rotatable bonds is 5. The molecule has 0 radical (unpaired) electrons. The van der Waals surface area contributed by atoms with E-state index in [1.807, 2.05) is 12.1 Å². The Hall–Kier alpha value is -2.16. The predicted molar refractivity (Wildman–Crippen MR) is 87.3 cm³/mol. The third-order valence-corrected chi connectivity index (χ3v) is 4.02. The average Bonchev–Trinajstić information content (AvgIpc) is 2.54. The van der Waals surface area contributed by atoms with Gasteiger partial charge in [-0.15, -0.1) is 0 Å². The Morgan fingerprint density at radius 3 is 2.38 bits per heavy atom. The Kier molecular flexibility index (Phi) is 4.73. The highest BCUT2D eigenvalue weighted by Crippen LogP contribution is 2.32. The smallest absolute Gasteiger partial charge is 0.160 e. The molecule has 2 aromatic carbocycles. The van der Waals surface area contributed by atoms with Crippen LogP contribution in [-0.4, -0.2) is 19.3 Å². The number of nitrogens with zero attached hydrogens (tertiary/aromatic N) is 1. The summed E-state index contributed by atoms with van der Waals surface area (Å²) in [6.07, 6.45) is 1.05. The molecule has 0 fully saturated rings. The summed E-state index contributed by atoms with van der Waals surface area (Å²) < 4.78 is 5.18. The fourth-order valence-electron chi connectivity index (χ4n) is 2.37. The van der Waals surface area contributed by atoms with Crippen molar-refractivity contribution in [2.45, 2.75) is 26.3 Å². The summed E-state index contributed by atoms with van der Waals surface area (Å²) in [4.78, 5) is 2.21. The summed E-state index contributed by atoms with van der Waals surface area (Å²) in [5.74, 6) is 0.678. The lowest BCUT2D eigenvalue weighted by molar-refractivity contribution is 0.372. The SMILES string of the molecule is CCc1ccc(N(C)C(C)c2ccc(O)c(OC)c2)cc1. The van der Waals surface area contributed by atoms with Crippen LogP contribution in [0.3, 0.4) is 0 Å². The van der Waals surface area contributed by atoms with Gasteiger partial charge in [0.1, 0.15) is 0 Å². The quantitative estimate of drug-likeness (QED) is 0.895. The first-order chi connectivity index (χ1) is 10.1. The van der Waals surface area contributed by atoms with Crippen LogP contribution in [0.15, 0.2) is 42.5 Å². The van der Waals surface area contributed by atoms with Gasteiger partial charge in [-0.2, -0.15) is 0 Å². The first-order valence-corrected chi connectivity index (χ1v) is 7.25. The number of aryl methyl sites for hydroxylation is 1. The number of hydrogen-bond acceptors (Lipinski definition) is 3. The molecule has 0 heterocycles. The molecule has 2 rings (SSSR count). The fourth-order valence-corrected chi connectivity index (χ4v) is 2.37. The lowest BCUT2D eigenvalue weighted by Crippen LogP contribution is -2.21. The second kappa shape index (κ2) is 6.53. The molecule has 0 aliphatic carbocycles. The van der Waals surface area contributed by atoms with E-state index >= 15 is 0 Å². The van der Waals surface area contributed by atoms with Crippen LogP contribution in [0.4, 0.5) is 5.69 Å². The predicted octanol–water partition coefficient (Wildman–Crippen LogP) is 4.16. The van der Waals surface area contributed by atoms with Crippen molar-refractivity contribution in [3.05, 3.63) is 53.6 Å². The van der Waals surface area contributed by atoms with Gasteiger partial charge in [-0.1, -0.05) is 25.1 Å². The van der Waals surface area contributed by atoms with Gasteiger partial charge in [0, 0.05) is 12.7 Å². The number of hydrogen-bond donors (Lipinski definition) is 1. The van der Waals surface area contributed by atoms with Crippen molar-refractivity contribution >= 4 is 5.69 Å². The van der Waals surface area contributed by atoms with Crippen molar-refractivity contribution in [1.29, 1.82) is 0 Å². The molecule has 112 valence electrons. The van der Waals surface area contributed by atoms with Crippen LogP contribution in [-0.2, 0) is 6.42 Å². The first-order valence-electron chi connectivity index (χ1n) is 7.25. The van der Waals surface area contributed by atoms with Crippen molar-refractivity contribution in [3.8, 4) is 11.5 Å². The van der Waals surface area contributed by atoms with E-state index in [1.165, 1.54) is 11.3 Å². The average molecular weight is 285 g/mol. The molecule has 1 unspecified atom stereocenters. The number of anilines is 1. The van der Waals surface area contributed by atoms with Crippen molar-refractivity contribution < 1.29 is 9.84 Å². The molecular weight excluding hydrogens is 262 g/mol. The highest BCUT2D eigenvalue weighted by atomic mass is 16.5. The molecule has 0 amide bonds. The number of phenolic OH excluding ortho intramolecular Hbond substituents is 1. The maximum atomic E-state index is 9.69. The number of phenols is 1. The van der Waals surface area contributed by atoms with Gasteiger partial charge in [0.25, 0.3) is 0 Å². The van der Waals surface area contributed by atoms with Gasteiger partial charge >= 0.3 is 0 Å². The van der Waals surface area contributed by atoms with Crippen LogP contribution in [0.5, 0.6) is 11.5 Å². The van der Waals surface area contributed by atoms with Crippen LogP contribution in [0.2, 0.25) is 0 Å². The van der Waals surface area contributed by atoms with Crippen LogP contribution in [0.1, 0.15) is 31.0 Å². The highest BCUT2D eigenvalue weighted by molar-refractivity contribution is 5.51. The molecule has 0 aromatic heterocycles. The Morgan fingerprint density at radius 1 is 1.14 bits per heavy atom. The lowest BCUT2D eigenvalue weighted by Gasteiger charge is -2.28. The summed E-state index contributed by atoms with van der Waals surface area (Å²) in [5, 5.41) is 9.69. The Labute approximate surface area is 126 Å². The van der Waals surface area contributed by atoms with E-state index in [1.54, 1.807) is 13.2 Å². The molecule has 3 heteroatoms. The van der Waals surface area contributed by atoms with E-state index in [0.29, 0.717) is 5.75 Å². The van der Waals surface area contributed by atoms with E-state index in [9.17, 15) is 5.11 Å². The Morgan fingerprint density at radius 2 is 1.81 bits per heavy atom. The molecule has 0 saturated heterocycles. The van der Waals surface area contributed by atoms with Gasteiger partial charge in [0.2, 0.25) is 0 Å². The molecule has 3 nitrogen and oxygen atoms in total. The van der Waals surface area contributed by atoms with E-state index in [0.717, 1.165) is 12.0 Å². The normalized spacial score (nSPS) is 12.0. The van der Waals surface area contributed by atoms with Crippen molar-refractivity contribution in [1.82, 2.24) is 0 Å². The fraction of sp³-hybridized carbons (Fsp3) is 0.333. The minimum absolute atomic E-state index is 0.170. The molecule has 1 N–H and O–H groups in total. The Balaban J connectivity index is 2.23. The van der Waals surface area contributed by atoms with Gasteiger partial charge in [-0.05, 0) is 48.7 Å². The van der Waals surface area contributed by atoms with Gasteiger partial charge in [-0.3, -0.25) is 0 Å². The third-order valence-electron chi connectivity index (χ3n) is 4.02. The van der Waals surface area contributed by atoms with Crippen LogP contribution < -0.4 is 9.64 Å². The standard InChI is InChI=1S/C18H23NO2/c1-5-14-6-9-16(10-7-14)19(3)13(2)15-8-11-17(20)18(12-15)21-4/h6-13,20H,5H2,1-4H3. The molecule has 1 atom stereocenters. The van der Waals surface area contributed by atoms with E-state index in [4.69, 9.17) is 4.74 Å². The molecular formula is C18H23NO2. The molecule has 0 bridgehead atoms. The third kappa shape index (κ3) is 3.30. The van der Waals surface area contributed by atoms with Crippen molar-refractivity contribution in [2.75, 3.05) is 19.1 Å². The van der Waals surface area contributed by atoms with E-state index in [2.05, 4.69) is 50.1 Å². The zero-order valence-corrected chi connectivity index (χ0v) is 13.1. The number of aromatic hydroxyl groups is 1. The monoisotopic (exact) mass is 285 g/mol. The van der Waals surface area contributed by atoms with Crippen molar-refractivity contribution in [2.24, 2.45) is 0 Å². The summed E-state index contributed by atoms with van der Waals surface area (Å²) in [6, 6.07) is 14.3. The Bertz CT molecular complexity index is 593. The summed E-state index contributed by atoms with van der Waals surface area (Å²) in [7, 11) is 3.64. The summed E-state index contributed by atoms with van der Waals surface area (Å²) >= 11 is 0. The maximum Gasteiger partial charge on any atom is 0.160 e. The summed E-state index contributed by atoms with van der Waals surface area (Å²) in [5.41, 5.74) is 3.62. The maximum absolute atomic E-state index is 9.69. The second-order valence-corrected chi connectivity index (χ2v) is 5.24. The second-order valence-electron chi connectivity index (χ2n) is 5.24. The molecule has 21 heavy (non-hydrogen) atoms. The number of ether oxygens (including phenoxy) is 1. The largest absolute Gasteiger partial charge is 0.504 e.